The summed E-state index contributed by atoms with van der Waals surface area (Å²) in [7, 11) is -4.26. The van der Waals surface area contributed by atoms with Crippen molar-refractivity contribution in [2.24, 2.45) is 5.92 Å². The third-order valence-corrected chi connectivity index (χ3v) is 7.16. The van der Waals surface area contributed by atoms with Crippen LogP contribution < -0.4 is 5.32 Å². The van der Waals surface area contributed by atoms with Crippen molar-refractivity contribution < 1.29 is 26.4 Å². The van der Waals surface area contributed by atoms with Gasteiger partial charge in [0.2, 0.25) is 15.9 Å². The number of amides is 1. The van der Waals surface area contributed by atoms with E-state index >= 15 is 0 Å². The van der Waals surface area contributed by atoms with Gasteiger partial charge < -0.3 is 5.32 Å². The van der Waals surface area contributed by atoms with Gasteiger partial charge >= 0.3 is 0 Å². The van der Waals surface area contributed by atoms with Crippen molar-refractivity contribution in [2.75, 3.05) is 18.4 Å². The molecule has 0 aromatic heterocycles. The molecule has 1 amide bonds. The SMILES string of the molecule is Cc1cccc(NC(=O)CCC2CCN(S(=O)(=O)c3cc(F)c(F)cc3F)CC2)c1. The van der Waals surface area contributed by atoms with Crippen molar-refractivity contribution in [3.05, 3.63) is 59.4 Å². The van der Waals surface area contributed by atoms with Gasteiger partial charge in [0, 0.05) is 31.3 Å². The molecule has 2 aromatic carbocycles. The molecule has 1 fully saturated rings. The quantitative estimate of drug-likeness (QED) is 0.684. The van der Waals surface area contributed by atoms with Crippen LogP contribution in [0.4, 0.5) is 18.9 Å². The van der Waals surface area contributed by atoms with Crippen LogP contribution in [0.25, 0.3) is 0 Å². The van der Waals surface area contributed by atoms with Gasteiger partial charge in [-0.05, 0) is 55.9 Å². The molecule has 5 nitrogen and oxygen atoms in total. The Morgan fingerprint density at radius 3 is 2.40 bits per heavy atom. The predicted octanol–water partition coefficient (Wildman–Crippen LogP) is 4.23. The van der Waals surface area contributed by atoms with Crippen LogP contribution in [0.3, 0.4) is 0 Å². The Morgan fingerprint density at radius 2 is 1.73 bits per heavy atom. The zero-order valence-electron chi connectivity index (χ0n) is 16.5. The fourth-order valence-electron chi connectivity index (χ4n) is 3.56. The van der Waals surface area contributed by atoms with Gasteiger partial charge in [-0.15, -0.1) is 0 Å². The Labute approximate surface area is 173 Å². The van der Waals surface area contributed by atoms with E-state index in [-0.39, 0.29) is 31.0 Å². The van der Waals surface area contributed by atoms with Gasteiger partial charge in [-0.25, -0.2) is 21.6 Å². The minimum atomic E-state index is -4.26. The van der Waals surface area contributed by atoms with E-state index in [4.69, 9.17) is 0 Å². The van der Waals surface area contributed by atoms with E-state index < -0.39 is 32.4 Å². The van der Waals surface area contributed by atoms with E-state index in [2.05, 4.69) is 5.32 Å². The molecular formula is C21H23F3N2O3S. The van der Waals surface area contributed by atoms with E-state index in [0.29, 0.717) is 31.7 Å². The van der Waals surface area contributed by atoms with Gasteiger partial charge in [0.05, 0.1) is 0 Å². The summed E-state index contributed by atoms with van der Waals surface area (Å²) >= 11 is 0. The largest absolute Gasteiger partial charge is 0.326 e. The third-order valence-electron chi connectivity index (χ3n) is 5.25. The van der Waals surface area contributed by atoms with E-state index in [0.717, 1.165) is 15.6 Å². The summed E-state index contributed by atoms with van der Waals surface area (Å²) in [6, 6.07) is 8.09. The number of nitrogens with zero attached hydrogens (tertiary/aromatic N) is 1. The van der Waals surface area contributed by atoms with Crippen LogP contribution in [0, 0.1) is 30.3 Å². The average molecular weight is 440 g/mol. The molecule has 9 heteroatoms. The standard InChI is InChI=1S/C21H23F3N2O3S/c1-14-3-2-4-16(11-14)25-21(27)6-5-15-7-9-26(10-8-15)30(28,29)20-13-18(23)17(22)12-19(20)24/h2-4,11-13,15H,5-10H2,1H3,(H,25,27). The molecule has 2 aromatic rings. The van der Waals surface area contributed by atoms with Crippen molar-refractivity contribution in [1.82, 2.24) is 4.31 Å². The number of sulfonamides is 1. The number of benzene rings is 2. The molecule has 1 aliphatic heterocycles. The van der Waals surface area contributed by atoms with Gasteiger partial charge in [0.25, 0.3) is 0 Å². The van der Waals surface area contributed by atoms with Crippen molar-refractivity contribution in [3.8, 4) is 0 Å². The third kappa shape index (κ3) is 5.20. The zero-order chi connectivity index (χ0) is 21.9. The number of carbonyl (C=O) groups is 1. The van der Waals surface area contributed by atoms with Crippen molar-refractivity contribution in [1.29, 1.82) is 0 Å². The Kier molecular flexibility index (Phi) is 6.82. The smallest absolute Gasteiger partial charge is 0.246 e. The number of hydrogen-bond acceptors (Lipinski definition) is 3. The van der Waals surface area contributed by atoms with E-state index in [9.17, 15) is 26.4 Å². The number of rotatable bonds is 6. The summed E-state index contributed by atoms with van der Waals surface area (Å²) in [5, 5.41) is 2.84. The maximum Gasteiger partial charge on any atom is 0.246 e. The first-order chi connectivity index (χ1) is 14.2. The highest BCUT2D eigenvalue weighted by Crippen LogP contribution is 2.28. The zero-order valence-corrected chi connectivity index (χ0v) is 17.3. The first kappa shape index (κ1) is 22.3. The van der Waals surface area contributed by atoms with E-state index in [1.807, 2.05) is 31.2 Å². The maximum atomic E-state index is 13.9. The highest BCUT2D eigenvalue weighted by Gasteiger charge is 2.32. The van der Waals surface area contributed by atoms with Crippen LogP contribution in [0.5, 0.6) is 0 Å². The van der Waals surface area contributed by atoms with Crippen molar-refractivity contribution >= 4 is 21.6 Å². The minimum absolute atomic E-state index is 0.112. The lowest BCUT2D eigenvalue weighted by molar-refractivity contribution is -0.116. The second-order valence-corrected chi connectivity index (χ2v) is 9.41. The van der Waals surface area contributed by atoms with Gasteiger partial charge in [0.1, 0.15) is 10.7 Å². The molecule has 1 heterocycles. The van der Waals surface area contributed by atoms with Gasteiger partial charge in [0.15, 0.2) is 11.6 Å². The second-order valence-electron chi connectivity index (χ2n) is 7.50. The number of piperidine rings is 1. The lowest BCUT2D eigenvalue weighted by Crippen LogP contribution is -2.39. The molecule has 30 heavy (non-hydrogen) atoms. The molecule has 0 unspecified atom stereocenters. The van der Waals surface area contributed by atoms with Gasteiger partial charge in [-0.3, -0.25) is 4.79 Å². The molecule has 1 N–H and O–H groups in total. The van der Waals surface area contributed by atoms with Crippen molar-refractivity contribution in [2.45, 2.75) is 37.5 Å². The Balaban J connectivity index is 1.53. The Morgan fingerprint density at radius 1 is 1.07 bits per heavy atom. The van der Waals surface area contributed by atoms with Crippen LogP contribution in [-0.4, -0.2) is 31.7 Å². The van der Waals surface area contributed by atoms with Crippen LogP contribution >= 0.6 is 0 Å². The fraction of sp³-hybridized carbons (Fsp3) is 0.381. The summed E-state index contributed by atoms with van der Waals surface area (Å²) in [4.78, 5) is 11.3. The first-order valence-corrected chi connectivity index (χ1v) is 11.1. The summed E-state index contributed by atoms with van der Waals surface area (Å²) in [6.07, 6.45) is 1.92. The second kappa shape index (κ2) is 9.18. The molecule has 0 atom stereocenters. The average Bonchev–Trinajstić information content (AvgIpc) is 2.69. The summed E-state index contributed by atoms with van der Waals surface area (Å²) in [5.74, 6) is -4.13. The maximum absolute atomic E-state index is 13.9. The van der Waals surface area contributed by atoms with Gasteiger partial charge in [-0.1, -0.05) is 12.1 Å². The summed E-state index contributed by atoms with van der Waals surface area (Å²) in [6.45, 7) is 2.19. The number of aryl methyl sites for hydroxylation is 1. The van der Waals surface area contributed by atoms with Crippen LogP contribution in [0.2, 0.25) is 0 Å². The number of nitrogens with one attached hydrogen (secondary N) is 1. The topological polar surface area (TPSA) is 66.5 Å². The molecule has 0 bridgehead atoms. The Hall–Kier alpha value is -2.39. The molecular weight excluding hydrogens is 417 g/mol. The molecule has 0 aliphatic carbocycles. The number of hydrogen-bond donors (Lipinski definition) is 1. The van der Waals surface area contributed by atoms with Gasteiger partial charge in [-0.2, -0.15) is 4.31 Å². The van der Waals surface area contributed by atoms with Crippen LogP contribution in [0.1, 0.15) is 31.2 Å². The molecule has 0 saturated carbocycles. The van der Waals surface area contributed by atoms with Crippen LogP contribution in [-0.2, 0) is 14.8 Å². The van der Waals surface area contributed by atoms with E-state index in [1.54, 1.807) is 0 Å². The minimum Gasteiger partial charge on any atom is -0.326 e. The highest BCUT2D eigenvalue weighted by molar-refractivity contribution is 7.89. The molecule has 1 aliphatic rings. The molecule has 3 rings (SSSR count). The molecule has 0 spiro atoms. The summed E-state index contributed by atoms with van der Waals surface area (Å²) < 4.78 is 66.7. The number of anilines is 1. The molecule has 1 saturated heterocycles. The Bertz CT molecular complexity index is 1040. The van der Waals surface area contributed by atoms with Crippen LogP contribution in [0.15, 0.2) is 41.3 Å². The molecule has 162 valence electrons. The lowest BCUT2D eigenvalue weighted by atomic mass is 9.93. The van der Waals surface area contributed by atoms with Crippen molar-refractivity contribution in [3.63, 3.8) is 0 Å². The first-order valence-electron chi connectivity index (χ1n) is 9.68. The number of carbonyl (C=O) groups excluding carboxylic acids is 1. The molecule has 0 radical (unpaired) electrons. The highest BCUT2D eigenvalue weighted by atomic mass is 32.2. The fourth-order valence-corrected chi connectivity index (χ4v) is 5.09. The number of halogens is 3. The lowest BCUT2D eigenvalue weighted by Gasteiger charge is -2.31. The summed E-state index contributed by atoms with van der Waals surface area (Å²) in [5.41, 5.74) is 1.77. The predicted molar refractivity (Wildman–Crippen MR) is 107 cm³/mol. The monoisotopic (exact) mass is 440 g/mol. The van der Waals surface area contributed by atoms with E-state index in [1.165, 1.54) is 0 Å². The normalized spacial score (nSPS) is 15.9.